The molecule has 0 aromatic heterocycles. The van der Waals surface area contributed by atoms with E-state index in [1.54, 1.807) is 31.4 Å². The van der Waals surface area contributed by atoms with Crippen LogP contribution in [0.15, 0.2) is 47.4 Å². The summed E-state index contributed by atoms with van der Waals surface area (Å²) in [5.74, 6) is -2.06. The van der Waals surface area contributed by atoms with Gasteiger partial charge in [-0.15, -0.1) is 0 Å². The normalized spacial score (nSPS) is 14.8. The Kier molecular flexibility index (Phi) is 6.38. The SMILES string of the molecule is COc1cccc(C=C2SC(=S)N(CC(=O)Nc3ccc(C(=O)O)c(O)c3)C2=O)c1. The summed E-state index contributed by atoms with van der Waals surface area (Å²) in [5.41, 5.74) is 0.667. The van der Waals surface area contributed by atoms with Crippen LogP contribution in [0.2, 0.25) is 0 Å². The highest BCUT2D eigenvalue weighted by atomic mass is 32.2. The molecule has 30 heavy (non-hydrogen) atoms. The fourth-order valence-corrected chi connectivity index (χ4v) is 3.91. The molecule has 0 aliphatic carbocycles. The number of aromatic carboxylic acids is 1. The molecule has 0 atom stereocenters. The third-order valence-corrected chi connectivity index (χ3v) is 5.46. The summed E-state index contributed by atoms with van der Waals surface area (Å²) in [7, 11) is 1.55. The summed E-state index contributed by atoms with van der Waals surface area (Å²) in [6.45, 7) is -0.318. The molecule has 1 fully saturated rings. The number of carboxylic acids is 1. The standard InChI is InChI=1S/C20H16N2O6S2/c1-28-13-4-2-3-11(7-13)8-16-18(25)22(20(29)30-16)10-17(24)21-12-5-6-14(19(26)27)15(23)9-12/h2-9,23H,10H2,1H3,(H,21,24)(H,26,27). The van der Waals surface area contributed by atoms with E-state index in [0.29, 0.717) is 10.7 Å². The zero-order chi connectivity index (χ0) is 21.8. The monoisotopic (exact) mass is 444 g/mol. The molecule has 2 amide bonds. The van der Waals surface area contributed by atoms with Crippen molar-refractivity contribution >= 4 is 57.8 Å². The van der Waals surface area contributed by atoms with E-state index >= 15 is 0 Å². The fraction of sp³-hybridized carbons (Fsp3) is 0.100. The number of carbonyl (C=O) groups excluding carboxylic acids is 2. The second-order valence-corrected chi connectivity index (χ2v) is 7.81. The summed E-state index contributed by atoms with van der Waals surface area (Å²) in [6.07, 6.45) is 1.67. The van der Waals surface area contributed by atoms with Gasteiger partial charge < -0.3 is 20.3 Å². The Bertz CT molecular complexity index is 1080. The van der Waals surface area contributed by atoms with Gasteiger partial charge in [-0.2, -0.15) is 0 Å². The van der Waals surface area contributed by atoms with E-state index < -0.39 is 23.5 Å². The lowest BCUT2D eigenvalue weighted by atomic mass is 10.2. The minimum absolute atomic E-state index is 0.194. The number of hydrogen-bond acceptors (Lipinski definition) is 7. The maximum atomic E-state index is 12.7. The van der Waals surface area contributed by atoms with Gasteiger partial charge in [0.2, 0.25) is 5.91 Å². The zero-order valence-corrected chi connectivity index (χ0v) is 17.3. The molecular formula is C20H16N2O6S2. The first-order valence-electron chi connectivity index (χ1n) is 8.54. The van der Waals surface area contributed by atoms with Gasteiger partial charge in [-0.1, -0.05) is 36.1 Å². The molecular weight excluding hydrogens is 428 g/mol. The molecule has 3 N–H and O–H groups in total. The Balaban J connectivity index is 1.69. The molecule has 8 nitrogen and oxygen atoms in total. The highest BCUT2D eigenvalue weighted by Crippen LogP contribution is 2.33. The van der Waals surface area contributed by atoms with Crippen molar-refractivity contribution < 1.29 is 29.3 Å². The lowest BCUT2D eigenvalue weighted by Crippen LogP contribution is -2.36. The lowest BCUT2D eigenvalue weighted by Gasteiger charge is -2.14. The second-order valence-electron chi connectivity index (χ2n) is 6.13. The van der Waals surface area contributed by atoms with Crippen molar-refractivity contribution in [1.29, 1.82) is 0 Å². The number of phenols is 1. The molecule has 1 aliphatic rings. The van der Waals surface area contributed by atoms with Crippen molar-refractivity contribution in [3.8, 4) is 11.5 Å². The number of aromatic hydroxyl groups is 1. The maximum absolute atomic E-state index is 12.7. The molecule has 2 aromatic carbocycles. The number of anilines is 1. The van der Waals surface area contributed by atoms with Crippen molar-refractivity contribution in [3.05, 3.63) is 58.5 Å². The van der Waals surface area contributed by atoms with E-state index in [4.69, 9.17) is 22.1 Å². The molecule has 1 saturated heterocycles. The van der Waals surface area contributed by atoms with Crippen molar-refractivity contribution in [2.24, 2.45) is 0 Å². The van der Waals surface area contributed by atoms with Crippen molar-refractivity contribution in [1.82, 2.24) is 4.90 Å². The van der Waals surface area contributed by atoms with Crippen LogP contribution >= 0.6 is 24.0 Å². The summed E-state index contributed by atoms with van der Waals surface area (Å²) < 4.78 is 5.41. The minimum Gasteiger partial charge on any atom is -0.507 e. The quantitative estimate of drug-likeness (QED) is 0.460. The number of thioether (sulfide) groups is 1. The number of carbonyl (C=O) groups is 3. The number of benzene rings is 2. The van der Waals surface area contributed by atoms with Gasteiger partial charge in [0, 0.05) is 11.8 Å². The zero-order valence-electron chi connectivity index (χ0n) is 15.6. The Morgan fingerprint density at radius 1 is 1.27 bits per heavy atom. The Morgan fingerprint density at radius 2 is 2.03 bits per heavy atom. The average molecular weight is 444 g/mol. The van der Waals surface area contributed by atoms with Crippen LogP contribution in [-0.2, 0) is 9.59 Å². The van der Waals surface area contributed by atoms with E-state index in [0.717, 1.165) is 23.4 Å². The van der Waals surface area contributed by atoms with Crippen LogP contribution in [0.1, 0.15) is 15.9 Å². The number of hydrogen-bond donors (Lipinski definition) is 3. The number of rotatable bonds is 6. The Labute approximate surface area is 181 Å². The third kappa shape index (κ3) is 4.78. The fourth-order valence-electron chi connectivity index (χ4n) is 2.65. The molecule has 0 spiro atoms. The van der Waals surface area contributed by atoms with Crippen molar-refractivity contribution in [2.45, 2.75) is 0 Å². The summed E-state index contributed by atoms with van der Waals surface area (Å²) in [4.78, 5) is 37.5. The number of nitrogens with one attached hydrogen (secondary N) is 1. The van der Waals surface area contributed by atoms with Gasteiger partial charge in [-0.3, -0.25) is 14.5 Å². The molecule has 10 heteroatoms. The van der Waals surface area contributed by atoms with E-state index in [2.05, 4.69) is 5.32 Å². The molecule has 0 radical (unpaired) electrons. The van der Waals surface area contributed by atoms with E-state index in [9.17, 15) is 19.5 Å². The lowest BCUT2D eigenvalue weighted by molar-refractivity contribution is -0.126. The Morgan fingerprint density at radius 3 is 2.70 bits per heavy atom. The van der Waals surface area contributed by atoms with Crippen LogP contribution in [-0.4, -0.2) is 50.9 Å². The number of nitrogens with zero attached hydrogens (tertiary/aromatic N) is 1. The van der Waals surface area contributed by atoms with Gasteiger partial charge in [-0.05, 0) is 35.9 Å². The molecule has 0 bridgehead atoms. The number of methoxy groups -OCH3 is 1. The van der Waals surface area contributed by atoms with Crippen LogP contribution in [0.5, 0.6) is 11.5 Å². The van der Waals surface area contributed by atoms with Gasteiger partial charge >= 0.3 is 5.97 Å². The highest BCUT2D eigenvalue weighted by molar-refractivity contribution is 8.26. The van der Waals surface area contributed by atoms with Crippen LogP contribution < -0.4 is 10.1 Å². The van der Waals surface area contributed by atoms with E-state index in [1.165, 1.54) is 17.0 Å². The number of ether oxygens (including phenoxy) is 1. The summed E-state index contributed by atoms with van der Waals surface area (Å²) in [6, 6.07) is 10.8. The van der Waals surface area contributed by atoms with Crippen molar-refractivity contribution in [2.75, 3.05) is 19.0 Å². The van der Waals surface area contributed by atoms with Gasteiger partial charge in [0.25, 0.3) is 5.91 Å². The first-order chi connectivity index (χ1) is 14.3. The average Bonchev–Trinajstić information content (AvgIpc) is 2.95. The molecule has 2 aromatic rings. The molecule has 0 unspecified atom stereocenters. The smallest absolute Gasteiger partial charge is 0.339 e. The van der Waals surface area contributed by atoms with Crippen LogP contribution in [0, 0.1) is 0 Å². The summed E-state index contributed by atoms with van der Waals surface area (Å²) in [5, 5.41) is 21.1. The molecule has 3 rings (SSSR count). The highest BCUT2D eigenvalue weighted by Gasteiger charge is 2.33. The third-order valence-electron chi connectivity index (χ3n) is 4.08. The predicted molar refractivity (Wildman–Crippen MR) is 117 cm³/mol. The minimum atomic E-state index is -1.29. The first kappa shape index (κ1) is 21.3. The number of thiocarbonyl (C=S) groups is 1. The maximum Gasteiger partial charge on any atom is 0.339 e. The number of amides is 2. The summed E-state index contributed by atoms with van der Waals surface area (Å²) >= 11 is 6.32. The molecule has 0 saturated carbocycles. The second kappa shape index (κ2) is 8.97. The van der Waals surface area contributed by atoms with Gasteiger partial charge in [0.15, 0.2) is 0 Å². The van der Waals surface area contributed by atoms with Gasteiger partial charge in [-0.25, -0.2) is 4.79 Å². The molecule has 154 valence electrons. The molecule has 1 heterocycles. The van der Waals surface area contributed by atoms with Gasteiger partial charge in [0.05, 0.1) is 12.0 Å². The van der Waals surface area contributed by atoms with Crippen LogP contribution in [0.4, 0.5) is 5.69 Å². The van der Waals surface area contributed by atoms with Crippen LogP contribution in [0.25, 0.3) is 6.08 Å². The Hall–Kier alpha value is -3.37. The topological polar surface area (TPSA) is 116 Å². The van der Waals surface area contributed by atoms with Crippen molar-refractivity contribution in [3.63, 3.8) is 0 Å². The molecule has 1 aliphatic heterocycles. The van der Waals surface area contributed by atoms with E-state index in [-0.39, 0.29) is 22.1 Å². The van der Waals surface area contributed by atoms with Crippen LogP contribution in [0.3, 0.4) is 0 Å². The number of carboxylic acid groups (broad SMARTS) is 1. The first-order valence-corrected chi connectivity index (χ1v) is 9.76. The largest absolute Gasteiger partial charge is 0.507 e. The van der Waals surface area contributed by atoms with Gasteiger partial charge in [0.1, 0.15) is 27.9 Å². The predicted octanol–water partition coefficient (Wildman–Crippen LogP) is 2.94. The van der Waals surface area contributed by atoms with E-state index in [1.807, 2.05) is 6.07 Å².